The Hall–Kier alpha value is -5.36. The molecule has 0 saturated carbocycles. The number of amides is 2. The van der Waals surface area contributed by atoms with Crippen molar-refractivity contribution in [2.75, 3.05) is 43.5 Å². The second kappa shape index (κ2) is 12.9. The second-order valence-corrected chi connectivity index (χ2v) is 10.1. The zero-order valence-electron chi connectivity index (χ0n) is 24.0. The number of halogens is 1. The Morgan fingerprint density at radius 1 is 1.00 bits per heavy atom. The number of anilines is 3. The third-order valence-electron chi connectivity index (χ3n) is 7.05. The number of pyridine rings is 2. The van der Waals surface area contributed by atoms with Gasteiger partial charge in [0.1, 0.15) is 17.4 Å². The lowest BCUT2D eigenvalue weighted by Gasteiger charge is -2.27. The summed E-state index contributed by atoms with van der Waals surface area (Å²) in [5, 5.41) is 10.6. The molecular weight excluding hydrogens is 565 g/mol. The van der Waals surface area contributed by atoms with Crippen molar-refractivity contribution < 1.29 is 23.5 Å². The number of hydrogen-bond donors (Lipinski definition) is 2. The SMILES string of the molecule is CCOc1cc(C(=O)N2CCOCC2)ccc1Nc1nc2ccc(-c3ccc(NC(=O)Cc4ccc(F)cc4)nc3)cn2n1. The van der Waals surface area contributed by atoms with Gasteiger partial charge in [-0.05, 0) is 67.1 Å². The van der Waals surface area contributed by atoms with Crippen LogP contribution in [0.4, 0.5) is 21.8 Å². The number of rotatable bonds is 9. The summed E-state index contributed by atoms with van der Waals surface area (Å²) in [6, 6.07) is 18.4. The van der Waals surface area contributed by atoms with Crippen LogP contribution in [0.3, 0.4) is 0 Å². The monoisotopic (exact) mass is 595 g/mol. The second-order valence-electron chi connectivity index (χ2n) is 10.1. The Labute approximate surface area is 252 Å². The maximum atomic E-state index is 13.1. The zero-order valence-corrected chi connectivity index (χ0v) is 24.0. The molecule has 44 heavy (non-hydrogen) atoms. The molecule has 0 spiro atoms. The molecule has 0 atom stereocenters. The highest BCUT2D eigenvalue weighted by Gasteiger charge is 2.20. The molecule has 6 rings (SSSR count). The number of carbonyl (C=O) groups excluding carboxylic acids is 2. The highest BCUT2D eigenvalue weighted by Crippen LogP contribution is 2.29. The molecule has 0 radical (unpaired) electrons. The van der Waals surface area contributed by atoms with Gasteiger partial charge in [0.2, 0.25) is 11.9 Å². The fourth-order valence-corrected chi connectivity index (χ4v) is 4.82. The van der Waals surface area contributed by atoms with Crippen LogP contribution in [0, 0.1) is 5.82 Å². The molecule has 0 aliphatic carbocycles. The van der Waals surface area contributed by atoms with Gasteiger partial charge in [-0.25, -0.2) is 13.9 Å². The first-order valence-corrected chi connectivity index (χ1v) is 14.2. The molecule has 2 amide bonds. The lowest BCUT2D eigenvalue weighted by Crippen LogP contribution is -2.40. The molecule has 1 aliphatic rings. The van der Waals surface area contributed by atoms with E-state index in [1.807, 2.05) is 31.3 Å². The quantitative estimate of drug-likeness (QED) is 0.251. The van der Waals surface area contributed by atoms with Crippen LogP contribution in [0.5, 0.6) is 5.75 Å². The Morgan fingerprint density at radius 3 is 2.55 bits per heavy atom. The van der Waals surface area contributed by atoms with E-state index in [9.17, 15) is 14.0 Å². The number of nitrogens with zero attached hydrogens (tertiary/aromatic N) is 5. The van der Waals surface area contributed by atoms with Gasteiger partial charge < -0.3 is 25.0 Å². The van der Waals surface area contributed by atoms with Crippen LogP contribution in [0.15, 0.2) is 79.1 Å². The number of benzene rings is 2. The molecule has 2 aromatic carbocycles. The van der Waals surface area contributed by atoms with Crippen LogP contribution in [0.25, 0.3) is 16.8 Å². The molecule has 12 heteroatoms. The lowest BCUT2D eigenvalue weighted by molar-refractivity contribution is -0.115. The van der Waals surface area contributed by atoms with E-state index in [4.69, 9.17) is 9.47 Å². The third kappa shape index (κ3) is 6.65. The topological polar surface area (TPSA) is 123 Å². The van der Waals surface area contributed by atoms with Gasteiger partial charge in [-0.3, -0.25) is 9.59 Å². The molecule has 4 heterocycles. The Balaban J connectivity index is 1.14. The van der Waals surface area contributed by atoms with Crippen molar-refractivity contribution in [1.82, 2.24) is 24.5 Å². The number of fused-ring (bicyclic) bond motifs is 1. The minimum absolute atomic E-state index is 0.0610. The van der Waals surface area contributed by atoms with Crippen LogP contribution >= 0.6 is 0 Å². The van der Waals surface area contributed by atoms with E-state index >= 15 is 0 Å². The Bertz CT molecular complexity index is 1790. The van der Waals surface area contributed by atoms with Gasteiger partial charge in [-0.15, -0.1) is 5.10 Å². The molecule has 1 saturated heterocycles. The first kappa shape index (κ1) is 28.7. The van der Waals surface area contributed by atoms with Crippen molar-refractivity contribution in [3.8, 4) is 16.9 Å². The summed E-state index contributed by atoms with van der Waals surface area (Å²) in [7, 11) is 0. The van der Waals surface area contributed by atoms with Crippen molar-refractivity contribution in [3.63, 3.8) is 0 Å². The normalized spacial score (nSPS) is 13.1. The molecule has 1 aliphatic heterocycles. The smallest absolute Gasteiger partial charge is 0.254 e. The Kier molecular flexibility index (Phi) is 8.41. The predicted molar refractivity (Wildman–Crippen MR) is 163 cm³/mol. The molecular formula is C32H30FN7O4. The van der Waals surface area contributed by atoms with Crippen molar-refractivity contribution in [2.24, 2.45) is 0 Å². The molecule has 0 unspecified atom stereocenters. The molecule has 224 valence electrons. The van der Waals surface area contributed by atoms with E-state index in [2.05, 4.69) is 25.7 Å². The summed E-state index contributed by atoms with van der Waals surface area (Å²) < 4.78 is 26.0. The average molecular weight is 596 g/mol. The van der Waals surface area contributed by atoms with Crippen molar-refractivity contribution in [2.45, 2.75) is 13.3 Å². The van der Waals surface area contributed by atoms with E-state index < -0.39 is 0 Å². The van der Waals surface area contributed by atoms with Gasteiger partial charge in [0.15, 0.2) is 5.65 Å². The number of aromatic nitrogens is 4. The molecule has 11 nitrogen and oxygen atoms in total. The summed E-state index contributed by atoms with van der Waals surface area (Å²) in [6.45, 7) is 4.50. The van der Waals surface area contributed by atoms with Gasteiger partial charge in [-0.2, -0.15) is 4.98 Å². The summed E-state index contributed by atoms with van der Waals surface area (Å²) >= 11 is 0. The highest BCUT2D eigenvalue weighted by molar-refractivity contribution is 5.95. The van der Waals surface area contributed by atoms with Gasteiger partial charge in [-0.1, -0.05) is 12.1 Å². The summed E-state index contributed by atoms with van der Waals surface area (Å²) in [4.78, 5) is 36.1. The lowest BCUT2D eigenvalue weighted by atomic mass is 10.1. The number of nitrogens with one attached hydrogen (secondary N) is 2. The minimum Gasteiger partial charge on any atom is -0.492 e. The van der Waals surface area contributed by atoms with E-state index in [-0.39, 0.29) is 24.1 Å². The fraction of sp³-hybridized carbons (Fsp3) is 0.219. The number of ether oxygens (including phenoxy) is 2. The minimum atomic E-state index is -0.345. The van der Waals surface area contributed by atoms with Crippen LogP contribution in [-0.4, -0.2) is 69.2 Å². The highest BCUT2D eigenvalue weighted by atomic mass is 19.1. The third-order valence-corrected chi connectivity index (χ3v) is 7.05. The number of carbonyl (C=O) groups is 2. The van der Waals surface area contributed by atoms with E-state index in [0.29, 0.717) is 72.9 Å². The van der Waals surface area contributed by atoms with Gasteiger partial charge in [0.25, 0.3) is 5.91 Å². The first-order chi connectivity index (χ1) is 21.4. The van der Waals surface area contributed by atoms with Crippen molar-refractivity contribution in [1.29, 1.82) is 0 Å². The molecule has 2 N–H and O–H groups in total. The standard InChI is InChI=1S/C32H30FN7O4/c1-2-44-27-18-22(31(42)39-13-15-43-16-14-39)5-10-26(27)35-32-37-29-12-7-24(20-40(29)38-32)23-6-11-28(34-19-23)36-30(41)17-21-3-8-25(33)9-4-21/h3-12,18-20H,2,13-17H2,1H3,(H,35,38)(H,34,36,41). The van der Waals surface area contributed by atoms with Gasteiger partial charge in [0, 0.05) is 42.2 Å². The van der Waals surface area contributed by atoms with Gasteiger partial charge in [0.05, 0.1) is 31.9 Å². The van der Waals surface area contributed by atoms with Crippen LogP contribution in [-0.2, 0) is 16.0 Å². The van der Waals surface area contributed by atoms with Crippen LogP contribution in [0.1, 0.15) is 22.8 Å². The Morgan fingerprint density at radius 2 is 1.80 bits per heavy atom. The number of hydrogen-bond acceptors (Lipinski definition) is 8. The summed E-state index contributed by atoms with van der Waals surface area (Å²) in [5.74, 6) is 0.662. The first-order valence-electron chi connectivity index (χ1n) is 14.2. The van der Waals surface area contributed by atoms with Crippen LogP contribution in [0.2, 0.25) is 0 Å². The van der Waals surface area contributed by atoms with Crippen molar-refractivity contribution >= 4 is 34.9 Å². The molecule has 0 bridgehead atoms. The van der Waals surface area contributed by atoms with Crippen molar-refractivity contribution in [3.05, 3.63) is 96.1 Å². The average Bonchev–Trinajstić information content (AvgIpc) is 3.45. The summed E-state index contributed by atoms with van der Waals surface area (Å²) in [5.41, 5.74) is 4.20. The van der Waals surface area contributed by atoms with E-state index in [1.165, 1.54) is 12.1 Å². The predicted octanol–water partition coefficient (Wildman–Crippen LogP) is 4.73. The fourth-order valence-electron chi connectivity index (χ4n) is 4.82. The maximum absolute atomic E-state index is 13.1. The largest absolute Gasteiger partial charge is 0.492 e. The van der Waals surface area contributed by atoms with Crippen LogP contribution < -0.4 is 15.4 Å². The summed E-state index contributed by atoms with van der Waals surface area (Å²) in [6.07, 6.45) is 3.62. The van der Waals surface area contributed by atoms with E-state index in [0.717, 1.165) is 11.1 Å². The van der Waals surface area contributed by atoms with Gasteiger partial charge >= 0.3 is 0 Å². The van der Waals surface area contributed by atoms with E-state index in [1.54, 1.807) is 52.0 Å². The molecule has 3 aromatic heterocycles. The number of morpholine rings is 1. The molecule has 1 fully saturated rings. The zero-order chi connectivity index (χ0) is 30.5. The molecule has 5 aromatic rings. The maximum Gasteiger partial charge on any atom is 0.254 e.